The lowest BCUT2D eigenvalue weighted by atomic mass is 10.0. The number of methoxy groups -OCH3 is 2. The molecule has 3 N–H and O–H groups in total. The molecule has 1 heterocycles. The van der Waals surface area contributed by atoms with Crippen molar-refractivity contribution in [3.8, 4) is 0 Å². The smallest absolute Gasteiger partial charge is 0.220 e. The lowest BCUT2D eigenvalue weighted by Crippen LogP contribution is -2.56. The molecule has 0 aromatic carbocycles. The van der Waals surface area contributed by atoms with E-state index >= 15 is 0 Å². The Labute approximate surface area is 82.0 Å². The minimum absolute atomic E-state index is 0.152. The monoisotopic (exact) mass is 208 g/mol. The van der Waals surface area contributed by atoms with Gasteiger partial charge in [-0.25, -0.2) is 0 Å². The van der Waals surface area contributed by atoms with Gasteiger partial charge in [0.25, 0.3) is 0 Å². The average molecular weight is 208 g/mol. The summed E-state index contributed by atoms with van der Waals surface area (Å²) in [6, 6.07) is 0. The van der Waals surface area contributed by atoms with Crippen molar-refractivity contribution in [2.24, 2.45) is 0 Å². The minimum atomic E-state index is -1.71. The van der Waals surface area contributed by atoms with Crippen molar-refractivity contribution in [2.75, 3.05) is 20.8 Å². The second kappa shape index (κ2) is 4.52. The van der Waals surface area contributed by atoms with Crippen LogP contribution >= 0.6 is 0 Å². The second-order valence-corrected chi connectivity index (χ2v) is 3.30. The van der Waals surface area contributed by atoms with Crippen molar-refractivity contribution in [1.82, 2.24) is 0 Å². The van der Waals surface area contributed by atoms with Gasteiger partial charge in [0.1, 0.15) is 6.10 Å². The first-order valence-electron chi connectivity index (χ1n) is 4.31. The normalized spacial score (nSPS) is 39.0. The predicted molar refractivity (Wildman–Crippen MR) is 45.3 cm³/mol. The van der Waals surface area contributed by atoms with E-state index in [-0.39, 0.29) is 13.0 Å². The Bertz CT molecular complexity index is 183. The van der Waals surface area contributed by atoms with Crippen LogP contribution in [-0.2, 0) is 14.2 Å². The van der Waals surface area contributed by atoms with E-state index in [1.807, 2.05) is 0 Å². The third-order valence-electron chi connectivity index (χ3n) is 2.25. The van der Waals surface area contributed by atoms with Crippen LogP contribution in [0.3, 0.4) is 0 Å². The van der Waals surface area contributed by atoms with Gasteiger partial charge in [-0.15, -0.1) is 0 Å². The molecule has 1 aliphatic rings. The fourth-order valence-electron chi connectivity index (χ4n) is 1.46. The van der Waals surface area contributed by atoms with Crippen LogP contribution in [0.15, 0.2) is 0 Å². The van der Waals surface area contributed by atoms with Crippen LogP contribution in [0.5, 0.6) is 0 Å². The summed E-state index contributed by atoms with van der Waals surface area (Å²) in [5.74, 6) is -1.71. The molecule has 0 aromatic heterocycles. The average Bonchev–Trinajstić information content (AvgIpc) is 2.14. The maximum atomic E-state index is 9.88. The van der Waals surface area contributed by atoms with Crippen molar-refractivity contribution in [1.29, 1.82) is 0 Å². The molecule has 1 rings (SSSR count). The molecule has 0 radical (unpaired) electrons. The molecule has 0 amide bonds. The molecule has 0 aromatic rings. The fraction of sp³-hybridized carbons (Fsp3) is 1.00. The summed E-state index contributed by atoms with van der Waals surface area (Å²) in [6.07, 6.45) is -3.16. The standard InChI is InChI=1S/C8H16O6/c1-12-7(13-2)8(11)3-5(9)6(10)4-14-8/h5-7,9-11H,3-4H2,1-2H3/t5-,6-,8-/m1/s1. The molecule has 6 heteroatoms. The van der Waals surface area contributed by atoms with E-state index in [1.54, 1.807) is 0 Å². The van der Waals surface area contributed by atoms with Crippen LogP contribution in [0, 0.1) is 0 Å². The number of ether oxygens (including phenoxy) is 3. The molecule has 0 saturated carbocycles. The van der Waals surface area contributed by atoms with Gasteiger partial charge < -0.3 is 29.5 Å². The highest BCUT2D eigenvalue weighted by molar-refractivity contribution is 4.84. The Hall–Kier alpha value is -0.240. The van der Waals surface area contributed by atoms with E-state index in [0.717, 1.165) is 0 Å². The number of rotatable bonds is 3. The summed E-state index contributed by atoms with van der Waals surface area (Å²) < 4.78 is 14.7. The van der Waals surface area contributed by atoms with Crippen LogP contribution in [0.2, 0.25) is 0 Å². The lowest BCUT2D eigenvalue weighted by Gasteiger charge is -2.40. The predicted octanol–water partition coefficient (Wildman–Crippen LogP) is -1.56. The Morgan fingerprint density at radius 2 is 1.86 bits per heavy atom. The van der Waals surface area contributed by atoms with Gasteiger partial charge in [0.05, 0.1) is 12.7 Å². The molecule has 84 valence electrons. The summed E-state index contributed by atoms with van der Waals surface area (Å²) in [4.78, 5) is 0. The largest absolute Gasteiger partial charge is 0.390 e. The SMILES string of the molecule is COC(OC)[C@@]1(O)C[C@@H](O)[C@H](O)CO1. The Balaban J connectivity index is 2.65. The Morgan fingerprint density at radius 3 is 2.29 bits per heavy atom. The first kappa shape index (κ1) is 11.8. The minimum Gasteiger partial charge on any atom is -0.390 e. The van der Waals surface area contributed by atoms with Gasteiger partial charge in [0.15, 0.2) is 0 Å². The van der Waals surface area contributed by atoms with E-state index in [2.05, 4.69) is 0 Å². The van der Waals surface area contributed by atoms with Gasteiger partial charge in [0.2, 0.25) is 12.1 Å². The topological polar surface area (TPSA) is 88.4 Å². The van der Waals surface area contributed by atoms with Gasteiger partial charge in [-0.05, 0) is 0 Å². The van der Waals surface area contributed by atoms with Crippen molar-refractivity contribution >= 4 is 0 Å². The summed E-state index contributed by atoms with van der Waals surface area (Å²) in [5, 5.41) is 28.4. The lowest BCUT2D eigenvalue weighted by molar-refractivity contribution is -0.357. The summed E-state index contributed by atoms with van der Waals surface area (Å²) in [6.45, 7) is -0.152. The summed E-state index contributed by atoms with van der Waals surface area (Å²) in [7, 11) is 2.71. The molecule has 0 spiro atoms. The Kier molecular flexibility index (Phi) is 3.82. The second-order valence-electron chi connectivity index (χ2n) is 3.30. The molecule has 1 aliphatic heterocycles. The highest BCUT2D eigenvalue weighted by Gasteiger charge is 2.46. The molecule has 0 unspecified atom stereocenters. The molecule has 0 bridgehead atoms. The third-order valence-corrected chi connectivity index (χ3v) is 2.25. The zero-order chi connectivity index (χ0) is 10.8. The molecular formula is C8H16O6. The van der Waals surface area contributed by atoms with Crippen LogP contribution in [0.1, 0.15) is 6.42 Å². The summed E-state index contributed by atoms with van der Waals surface area (Å²) in [5.41, 5.74) is 0. The first-order chi connectivity index (χ1) is 6.53. The molecule has 6 nitrogen and oxygen atoms in total. The molecule has 3 atom stereocenters. The van der Waals surface area contributed by atoms with Gasteiger partial charge in [0, 0.05) is 20.6 Å². The van der Waals surface area contributed by atoms with E-state index in [9.17, 15) is 10.2 Å². The highest BCUT2D eigenvalue weighted by Crippen LogP contribution is 2.28. The van der Waals surface area contributed by atoms with Crippen LogP contribution in [0.4, 0.5) is 0 Å². The van der Waals surface area contributed by atoms with Crippen molar-refractivity contribution in [3.05, 3.63) is 0 Å². The zero-order valence-electron chi connectivity index (χ0n) is 8.21. The van der Waals surface area contributed by atoms with Crippen molar-refractivity contribution in [3.63, 3.8) is 0 Å². The first-order valence-corrected chi connectivity index (χ1v) is 4.31. The van der Waals surface area contributed by atoms with Gasteiger partial charge >= 0.3 is 0 Å². The van der Waals surface area contributed by atoms with Gasteiger partial charge in [-0.1, -0.05) is 0 Å². The third kappa shape index (κ3) is 2.22. The van der Waals surface area contributed by atoms with E-state index in [4.69, 9.17) is 19.3 Å². The molecule has 14 heavy (non-hydrogen) atoms. The quantitative estimate of drug-likeness (QED) is 0.486. The molecule has 1 saturated heterocycles. The number of aliphatic hydroxyl groups excluding tert-OH is 2. The maximum Gasteiger partial charge on any atom is 0.220 e. The van der Waals surface area contributed by atoms with Crippen molar-refractivity contribution < 1.29 is 29.5 Å². The van der Waals surface area contributed by atoms with Gasteiger partial charge in [-0.3, -0.25) is 0 Å². The maximum absolute atomic E-state index is 9.88. The van der Waals surface area contributed by atoms with Crippen LogP contribution in [-0.4, -0.2) is 60.4 Å². The molecular weight excluding hydrogens is 192 g/mol. The molecule has 0 aliphatic carbocycles. The number of aliphatic hydroxyl groups is 3. The van der Waals surface area contributed by atoms with E-state index < -0.39 is 24.3 Å². The van der Waals surface area contributed by atoms with E-state index in [1.165, 1.54) is 14.2 Å². The van der Waals surface area contributed by atoms with E-state index in [0.29, 0.717) is 0 Å². The molecule has 1 fully saturated rings. The summed E-state index contributed by atoms with van der Waals surface area (Å²) >= 11 is 0. The van der Waals surface area contributed by atoms with Crippen molar-refractivity contribution in [2.45, 2.75) is 30.7 Å². The highest BCUT2D eigenvalue weighted by atomic mass is 16.7. The van der Waals surface area contributed by atoms with Gasteiger partial charge in [-0.2, -0.15) is 0 Å². The number of hydrogen-bond acceptors (Lipinski definition) is 6. The van der Waals surface area contributed by atoms with Crippen LogP contribution in [0.25, 0.3) is 0 Å². The van der Waals surface area contributed by atoms with Crippen LogP contribution < -0.4 is 0 Å². The number of hydrogen-bond donors (Lipinski definition) is 3. The zero-order valence-corrected chi connectivity index (χ0v) is 8.21. The fourth-order valence-corrected chi connectivity index (χ4v) is 1.46. The Morgan fingerprint density at radius 1 is 1.29 bits per heavy atom.